The quantitative estimate of drug-likeness (QED) is 0.907. The smallest absolute Gasteiger partial charge is 0.142 e. The van der Waals surface area contributed by atoms with E-state index in [0.717, 1.165) is 11.4 Å². The Bertz CT molecular complexity index is 630. The Labute approximate surface area is 129 Å². The fourth-order valence-corrected chi connectivity index (χ4v) is 2.76. The van der Waals surface area contributed by atoms with Gasteiger partial charge < -0.3 is 14.8 Å². The molecule has 0 aromatic heterocycles. The van der Waals surface area contributed by atoms with Crippen LogP contribution >= 0.6 is 11.6 Å². The average Bonchev–Trinajstić information content (AvgIpc) is 2.50. The minimum absolute atomic E-state index is 0.104. The van der Waals surface area contributed by atoms with Gasteiger partial charge in [-0.25, -0.2) is 0 Å². The van der Waals surface area contributed by atoms with Crippen LogP contribution in [-0.2, 0) is 11.3 Å². The van der Waals surface area contributed by atoms with Crippen molar-refractivity contribution in [2.75, 3.05) is 18.5 Å². The molecule has 21 heavy (non-hydrogen) atoms. The van der Waals surface area contributed by atoms with Crippen LogP contribution in [0.5, 0.6) is 5.75 Å². The second-order valence-corrected chi connectivity index (χ2v) is 5.42. The Balaban J connectivity index is 1.89. The molecule has 0 spiro atoms. The molecule has 0 saturated carbocycles. The van der Waals surface area contributed by atoms with Crippen molar-refractivity contribution in [1.82, 2.24) is 0 Å². The standard InChI is InChI=1S/C17H18ClNO2/c1-2-21-17-8-7-13(18)9-15(17)19-16-11-20-10-12-5-3-4-6-14(12)16/h3-9,16,19H,2,10-11H2,1H3. The first kappa shape index (κ1) is 14.2. The minimum Gasteiger partial charge on any atom is -0.492 e. The Morgan fingerprint density at radius 3 is 3.00 bits per heavy atom. The highest BCUT2D eigenvalue weighted by molar-refractivity contribution is 6.30. The van der Waals surface area contributed by atoms with Crippen molar-refractivity contribution in [2.24, 2.45) is 0 Å². The lowest BCUT2D eigenvalue weighted by Crippen LogP contribution is -2.23. The fraction of sp³-hybridized carbons (Fsp3) is 0.294. The number of rotatable bonds is 4. The highest BCUT2D eigenvalue weighted by atomic mass is 35.5. The number of anilines is 1. The molecule has 0 radical (unpaired) electrons. The summed E-state index contributed by atoms with van der Waals surface area (Å²) in [5.41, 5.74) is 3.39. The number of nitrogens with one attached hydrogen (secondary N) is 1. The lowest BCUT2D eigenvalue weighted by atomic mass is 9.99. The van der Waals surface area contributed by atoms with Gasteiger partial charge in [0, 0.05) is 5.02 Å². The van der Waals surface area contributed by atoms with Gasteiger partial charge in [-0.05, 0) is 36.2 Å². The molecule has 2 aromatic rings. The van der Waals surface area contributed by atoms with E-state index in [2.05, 4.69) is 23.5 Å². The van der Waals surface area contributed by atoms with Crippen molar-refractivity contribution < 1.29 is 9.47 Å². The summed E-state index contributed by atoms with van der Waals surface area (Å²) in [6.07, 6.45) is 0. The third-order valence-electron chi connectivity index (χ3n) is 3.54. The normalized spacial score (nSPS) is 17.1. The van der Waals surface area contributed by atoms with E-state index < -0.39 is 0 Å². The first-order valence-corrected chi connectivity index (χ1v) is 7.50. The molecule has 1 unspecified atom stereocenters. The van der Waals surface area contributed by atoms with E-state index in [9.17, 15) is 0 Å². The van der Waals surface area contributed by atoms with E-state index in [1.165, 1.54) is 11.1 Å². The van der Waals surface area contributed by atoms with E-state index in [4.69, 9.17) is 21.1 Å². The molecule has 2 aromatic carbocycles. The molecular weight excluding hydrogens is 286 g/mol. The van der Waals surface area contributed by atoms with Gasteiger partial charge in [0.2, 0.25) is 0 Å². The molecule has 0 amide bonds. The van der Waals surface area contributed by atoms with Crippen LogP contribution in [0.15, 0.2) is 42.5 Å². The van der Waals surface area contributed by atoms with Crippen LogP contribution in [0.4, 0.5) is 5.69 Å². The van der Waals surface area contributed by atoms with Crippen molar-refractivity contribution >= 4 is 17.3 Å². The molecular formula is C17H18ClNO2. The third-order valence-corrected chi connectivity index (χ3v) is 3.78. The summed E-state index contributed by atoms with van der Waals surface area (Å²) in [6.45, 7) is 3.89. The number of ether oxygens (including phenoxy) is 2. The van der Waals surface area contributed by atoms with Gasteiger partial charge >= 0.3 is 0 Å². The summed E-state index contributed by atoms with van der Waals surface area (Å²) < 4.78 is 11.3. The largest absolute Gasteiger partial charge is 0.492 e. The maximum absolute atomic E-state index is 6.11. The maximum Gasteiger partial charge on any atom is 0.142 e. The van der Waals surface area contributed by atoms with Crippen molar-refractivity contribution in [1.29, 1.82) is 0 Å². The fourth-order valence-electron chi connectivity index (χ4n) is 2.59. The Kier molecular flexibility index (Phi) is 4.32. The Morgan fingerprint density at radius 1 is 1.29 bits per heavy atom. The molecule has 0 fully saturated rings. The first-order chi connectivity index (χ1) is 10.3. The van der Waals surface area contributed by atoms with Crippen molar-refractivity contribution in [3.05, 3.63) is 58.6 Å². The van der Waals surface area contributed by atoms with Gasteiger partial charge in [-0.3, -0.25) is 0 Å². The van der Waals surface area contributed by atoms with Crippen molar-refractivity contribution in [2.45, 2.75) is 19.6 Å². The van der Waals surface area contributed by atoms with Crippen LogP contribution in [-0.4, -0.2) is 13.2 Å². The lowest BCUT2D eigenvalue weighted by Gasteiger charge is -2.28. The molecule has 1 heterocycles. The lowest BCUT2D eigenvalue weighted by molar-refractivity contribution is 0.0969. The molecule has 0 aliphatic carbocycles. The summed E-state index contributed by atoms with van der Waals surface area (Å²) >= 11 is 6.11. The predicted octanol–water partition coefficient (Wildman–Crippen LogP) is 4.42. The monoisotopic (exact) mass is 303 g/mol. The number of hydrogen-bond donors (Lipinski definition) is 1. The van der Waals surface area contributed by atoms with Gasteiger partial charge in [0.15, 0.2) is 0 Å². The Morgan fingerprint density at radius 2 is 2.14 bits per heavy atom. The zero-order valence-electron chi connectivity index (χ0n) is 11.9. The summed E-state index contributed by atoms with van der Waals surface area (Å²) in [5.74, 6) is 0.810. The Hall–Kier alpha value is -1.71. The van der Waals surface area contributed by atoms with Crippen molar-refractivity contribution in [3.8, 4) is 5.75 Å². The third kappa shape index (κ3) is 3.14. The summed E-state index contributed by atoms with van der Waals surface area (Å²) in [5, 5.41) is 4.18. The SMILES string of the molecule is CCOc1ccc(Cl)cc1NC1COCc2ccccc21. The topological polar surface area (TPSA) is 30.5 Å². The second-order valence-electron chi connectivity index (χ2n) is 4.98. The molecule has 1 atom stereocenters. The van der Waals surface area contributed by atoms with Gasteiger partial charge in [-0.2, -0.15) is 0 Å². The molecule has 1 aliphatic rings. The molecule has 1 aliphatic heterocycles. The van der Waals surface area contributed by atoms with Crippen molar-refractivity contribution in [3.63, 3.8) is 0 Å². The van der Waals surface area contributed by atoms with Crippen LogP contribution < -0.4 is 10.1 Å². The molecule has 1 N–H and O–H groups in total. The van der Waals surface area contributed by atoms with Crippen LogP contribution in [0.25, 0.3) is 0 Å². The molecule has 0 bridgehead atoms. The zero-order chi connectivity index (χ0) is 14.7. The minimum atomic E-state index is 0.104. The van der Waals surface area contributed by atoms with Gasteiger partial charge in [0.25, 0.3) is 0 Å². The number of benzene rings is 2. The molecule has 0 saturated heterocycles. The van der Waals surface area contributed by atoms with Crippen LogP contribution in [0, 0.1) is 0 Å². The summed E-state index contributed by atoms with van der Waals surface area (Å²) in [7, 11) is 0. The molecule has 4 heteroatoms. The second kappa shape index (κ2) is 6.37. The predicted molar refractivity (Wildman–Crippen MR) is 85.1 cm³/mol. The van der Waals surface area contributed by atoms with Gasteiger partial charge in [0.05, 0.1) is 31.5 Å². The van der Waals surface area contributed by atoms with Crippen LogP contribution in [0.3, 0.4) is 0 Å². The van der Waals surface area contributed by atoms with E-state index in [1.54, 1.807) is 0 Å². The van der Waals surface area contributed by atoms with Gasteiger partial charge in [-0.15, -0.1) is 0 Å². The highest BCUT2D eigenvalue weighted by Gasteiger charge is 2.21. The number of hydrogen-bond acceptors (Lipinski definition) is 3. The molecule has 3 rings (SSSR count). The van der Waals surface area contributed by atoms with E-state index in [0.29, 0.717) is 24.8 Å². The van der Waals surface area contributed by atoms with Gasteiger partial charge in [-0.1, -0.05) is 35.9 Å². The first-order valence-electron chi connectivity index (χ1n) is 7.12. The number of fused-ring (bicyclic) bond motifs is 1. The summed E-state index contributed by atoms with van der Waals surface area (Å²) in [6, 6.07) is 14.1. The maximum atomic E-state index is 6.11. The number of halogens is 1. The average molecular weight is 304 g/mol. The molecule has 110 valence electrons. The zero-order valence-corrected chi connectivity index (χ0v) is 12.7. The van der Waals surface area contributed by atoms with Crippen LogP contribution in [0.1, 0.15) is 24.1 Å². The van der Waals surface area contributed by atoms with E-state index in [-0.39, 0.29) is 6.04 Å². The van der Waals surface area contributed by atoms with E-state index in [1.807, 2.05) is 31.2 Å². The summed E-state index contributed by atoms with van der Waals surface area (Å²) in [4.78, 5) is 0. The van der Waals surface area contributed by atoms with Gasteiger partial charge in [0.1, 0.15) is 5.75 Å². The highest BCUT2D eigenvalue weighted by Crippen LogP contribution is 2.33. The molecule has 3 nitrogen and oxygen atoms in total. The van der Waals surface area contributed by atoms with E-state index >= 15 is 0 Å². The van der Waals surface area contributed by atoms with Crippen LogP contribution in [0.2, 0.25) is 5.02 Å².